The summed E-state index contributed by atoms with van der Waals surface area (Å²) in [6, 6.07) is 22.3. The summed E-state index contributed by atoms with van der Waals surface area (Å²) in [5.74, 6) is 0.858. The number of hydrogen-bond donors (Lipinski definition) is 2. The van der Waals surface area contributed by atoms with Crippen molar-refractivity contribution in [2.75, 3.05) is 25.1 Å². The van der Waals surface area contributed by atoms with E-state index >= 15 is 0 Å². The van der Waals surface area contributed by atoms with Crippen LogP contribution in [-0.4, -0.2) is 35.8 Å². The third kappa shape index (κ3) is 10.6. The highest BCUT2D eigenvalue weighted by atomic mass is 16.5. The van der Waals surface area contributed by atoms with Gasteiger partial charge in [-0.25, -0.2) is 4.98 Å². The minimum absolute atomic E-state index is 0.591. The summed E-state index contributed by atoms with van der Waals surface area (Å²) < 4.78 is 11.7. The molecule has 3 rings (SSSR count). The lowest BCUT2D eigenvalue weighted by molar-refractivity contribution is -0.149. The number of nitrogens with one attached hydrogen (secondary N) is 1. The average Bonchev–Trinajstić information content (AvgIpc) is 2.99. The number of aromatic nitrogens is 1. The fourth-order valence-corrected chi connectivity index (χ4v) is 4.69. The molecule has 3 aromatic rings. The molecule has 0 aliphatic heterocycles. The van der Waals surface area contributed by atoms with Crippen molar-refractivity contribution in [3.05, 3.63) is 83.6 Å². The number of unbranched alkanes of at least 4 members (excludes halogenated alkanes) is 2. The summed E-state index contributed by atoms with van der Waals surface area (Å²) >= 11 is 0. The fourth-order valence-electron chi connectivity index (χ4n) is 4.69. The van der Waals surface area contributed by atoms with Gasteiger partial charge in [0.1, 0.15) is 5.75 Å². The molecule has 6 heteroatoms. The summed E-state index contributed by atoms with van der Waals surface area (Å²) in [6.07, 6.45) is 11.1. The number of benzene rings is 2. The predicted molar refractivity (Wildman–Crippen MR) is 169 cm³/mol. The highest BCUT2D eigenvalue weighted by Gasteiger charge is 2.34. The van der Waals surface area contributed by atoms with Crippen molar-refractivity contribution in [2.45, 2.75) is 72.1 Å². The first kappa shape index (κ1) is 31.7. The molecule has 0 saturated carbocycles. The van der Waals surface area contributed by atoms with Crippen LogP contribution in [0.4, 0.5) is 5.69 Å². The van der Waals surface area contributed by atoms with E-state index in [0.717, 1.165) is 61.4 Å². The lowest BCUT2D eigenvalue weighted by Crippen LogP contribution is -2.31. The zero-order chi connectivity index (χ0) is 29.3. The fraction of sp³-hybridized carbons (Fsp3) is 0.429. The van der Waals surface area contributed by atoms with Gasteiger partial charge in [0.2, 0.25) is 5.88 Å². The van der Waals surface area contributed by atoms with Crippen LogP contribution in [0.3, 0.4) is 0 Å². The van der Waals surface area contributed by atoms with E-state index in [9.17, 15) is 9.90 Å². The van der Waals surface area contributed by atoms with Gasteiger partial charge in [-0.05, 0) is 92.5 Å². The van der Waals surface area contributed by atoms with E-state index in [-0.39, 0.29) is 0 Å². The Morgan fingerprint density at radius 3 is 2.39 bits per heavy atom. The maximum absolute atomic E-state index is 11.8. The van der Waals surface area contributed by atoms with Gasteiger partial charge >= 0.3 is 5.97 Å². The van der Waals surface area contributed by atoms with E-state index in [0.29, 0.717) is 38.3 Å². The molecular formula is C35H46N2O4. The SMILES string of the molecule is CCCCOc1ccc(CCCCOc2cccc(C=Cc3cccc(NCCC(CC)(CC)C(=O)O)c3)n2)cc1. The second-order valence-corrected chi connectivity index (χ2v) is 10.5. The van der Waals surface area contributed by atoms with Crippen molar-refractivity contribution in [1.82, 2.24) is 4.98 Å². The molecule has 41 heavy (non-hydrogen) atoms. The molecule has 0 amide bonds. The van der Waals surface area contributed by atoms with E-state index in [1.165, 1.54) is 5.56 Å². The second-order valence-electron chi connectivity index (χ2n) is 10.5. The number of hydrogen-bond acceptors (Lipinski definition) is 5. The number of aliphatic carboxylic acids is 1. The van der Waals surface area contributed by atoms with Crippen LogP contribution >= 0.6 is 0 Å². The molecule has 220 valence electrons. The van der Waals surface area contributed by atoms with Crippen LogP contribution < -0.4 is 14.8 Å². The first-order chi connectivity index (χ1) is 20.0. The van der Waals surface area contributed by atoms with Gasteiger partial charge in [-0.2, -0.15) is 0 Å². The molecule has 6 nitrogen and oxygen atoms in total. The van der Waals surface area contributed by atoms with Gasteiger partial charge in [-0.3, -0.25) is 4.79 Å². The summed E-state index contributed by atoms with van der Waals surface area (Å²) in [6.45, 7) is 8.08. The molecule has 0 atom stereocenters. The Balaban J connectivity index is 1.42. The van der Waals surface area contributed by atoms with Crippen LogP contribution in [0.15, 0.2) is 66.7 Å². The molecule has 1 heterocycles. The number of carboxylic acids is 1. The largest absolute Gasteiger partial charge is 0.494 e. The summed E-state index contributed by atoms with van der Waals surface area (Å²) in [7, 11) is 0. The first-order valence-corrected chi connectivity index (χ1v) is 15.0. The maximum Gasteiger partial charge on any atom is 0.309 e. The molecular weight excluding hydrogens is 512 g/mol. The Morgan fingerprint density at radius 1 is 0.902 bits per heavy atom. The van der Waals surface area contributed by atoms with Gasteiger partial charge in [0.15, 0.2) is 0 Å². The van der Waals surface area contributed by atoms with Crippen molar-refractivity contribution >= 4 is 23.8 Å². The van der Waals surface area contributed by atoms with Crippen molar-refractivity contribution in [2.24, 2.45) is 5.41 Å². The van der Waals surface area contributed by atoms with Crippen LogP contribution in [0.2, 0.25) is 0 Å². The van der Waals surface area contributed by atoms with E-state index in [4.69, 9.17) is 9.47 Å². The molecule has 2 N–H and O–H groups in total. The second kappa shape index (κ2) is 17.1. The Labute approximate surface area is 245 Å². The Bertz CT molecular complexity index is 1220. The van der Waals surface area contributed by atoms with Crippen molar-refractivity contribution in [1.29, 1.82) is 0 Å². The van der Waals surface area contributed by atoms with Crippen LogP contribution in [0.25, 0.3) is 12.2 Å². The molecule has 0 saturated heterocycles. The van der Waals surface area contributed by atoms with Gasteiger partial charge < -0.3 is 19.9 Å². The number of ether oxygens (including phenoxy) is 2. The van der Waals surface area contributed by atoms with Gasteiger partial charge in [0.25, 0.3) is 0 Å². The number of pyridine rings is 1. The Hall–Kier alpha value is -3.80. The molecule has 0 aliphatic rings. The zero-order valence-corrected chi connectivity index (χ0v) is 24.9. The van der Waals surface area contributed by atoms with Crippen LogP contribution in [0.1, 0.15) is 82.5 Å². The molecule has 0 spiro atoms. The molecule has 1 aromatic heterocycles. The molecule has 0 aliphatic carbocycles. The Morgan fingerprint density at radius 2 is 1.66 bits per heavy atom. The van der Waals surface area contributed by atoms with E-state index < -0.39 is 11.4 Å². The zero-order valence-electron chi connectivity index (χ0n) is 24.9. The van der Waals surface area contributed by atoms with Gasteiger partial charge in [-0.15, -0.1) is 0 Å². The molecule has 0 bridgehead atoms. The van der Waals surface area contributed by atoms with Crippen molar-refractivity contribution in [3.8, 4) is 11.6 Å². The minimum Gasteiger partial charge on any atom is -0.494 e. The van der Waals surface area contributed by atoms with Gasteiger partial charge in [0, 0.05) is 18.3 Å². The van der Waals surface area contributed by atoms with Crippen molar-refractivity contribution < 1.29 is 19.4 Å². The number of rotatable bonds is 19. The number of aryl methyl sites for hydroxylation is 1. The van der Waals surface area contributed by atoms with E-state index in [1.54, 1.807) is 0 Å². The topological polar surface area (TPSA) is 80.7 Å². The van der Waals surface area contributed by atoms with Gasteiger partial charge in [-0.1, -0.05) is 63.6 Å². The summed E-state index contributed by atoms with van der Waals surface area (Å²) in [5, 5.41) is 13.0. The quantitative estimate of drug-likeness (QED) is 0.144. The minimum atomic E-state index is -0.714. The molecule has 0 unspecified atom stereocenters. The summed E-state index contributed by atoms with van der Waals surface area (Å²) in [5.41, 5.74) is 3.49. The number of carboxylic acid groups (broad SMARTS) is 1. The lowest BCUT2D eigenvalue weighted by atomic mass is 9.79. The van der Waals surface area contributed by atoms with Crippen LogP contribution in [0, 0.1) is 5.41 Å². The number of nitrogens with zero attached hydrogens (tertiary/aromatic N) is 1. The Kier molecular flexibility index (Phi) is 13.2. The molecule has 0 radical (unpaired) electrons. The number of carbonyl (C=O) groups is 1. The molecule has 2 aromatic carbocycles. The van der Waals surface area contributed by atoms with Crippen LogP contribution in [0.5, 0.6) is 11.6 Å². The van der Waals surface area contributed by atoms with Crippen molar-refractivity contribution in [3.63, 3.8) is 0 Å². The predicted octanol–water partition coefficient (Wildman–Crippen LogP) is 8.53. The third-order valence-electron chi connectivity index (χ3n) is 7.62. The summed E-state index contributed by atoms with van der Waals surface area (Å²) in [4.78, 5) is 16.4. The third-order valence-corrected chi connectivity index (χ3v) is 7.62. The standard InChI is InChI=1S/C35H46N2O4/c1-4-7-25-40-32-21-18-28(19-22-32)12-8-9-26-41-33-16-11-14-30(37-33)20-17-29-13-10-15-31(27-29)36-24-23-35(5-2,6-3)34(38)39/h10-11,13-22,27,36H,4-9,12,23-26H2,1-3H3,(H,38,39). The van der Waals surface area contributed by atoms with Gasteiger partial charge in [0.05, 0.1) is 24.3 Å². The number of anilines is 1. The highest BCUT2D eigenvalue weighted by molar-refractivity contribution is 5.74. The normalized spacial score (nSPS) is 11.5. The smallest absolute Gasteiger partial charge is 0.309 e. The average molecular weight is 559 g/mol. The first-order valence-electron chi connectivity index (χ1n) is 15.0. The monoisotopic (exact) mass is 558 g/mol. The molecule has 0 fully saturated rings. The van der Waals surface area contributed by atoms with E-state index in [1.807, 2.05) is 62.4 Å². The lowest BCUT2D eigenvalue weighted by Gasteiger charge is -2.26. The van der Waals surface area contributed by atoms with E-state index in [2.05, 4.69) is 47.6 Å². The maximum atomic E-state index is 11.8. The highest BCUT2D eigenvalue weighted by Crippen LogP contribution is 2.31. The van der Waals surface area contributed by atoms with Crippen LogP contribution in [-0.2, 0) is 11.2 Å².